The van der Waals surface area contributed by atoms with Gasteiger partial charge in [0.15, 0.2) is 0 Å². The molecule has 0 aliphatic carbocycles. The molecule has 3 heteroatoms. The van der Waals surface area contributed by atoms with E-state index in [0.717, 1.165) is 0 Å². The number of hydrogen-bond donors (Lipinski definition) is 0. The fourth-order valence-electron chi connectivity index (χ4n) is 8.40. The first-order valence-corrected chi connectivity index (χ1v) is 16.5. The molecule has 220 valence electrons. The maximum absolute atomic E-state index is 2.70. The van der Waals surface area contributed by atoms with E-state index in [4.69, 9.17) is 0 Å². The van der Waals surface area contributed by atoms with Gasteiger partial charge >= 0.3 is 6.85 Å². The summed E-state index contributed by atoms with van der Waals surface area (Å²) in [5.41, 5.74) is 16.6. The van der Waals surface area contributed by atoms with Gasteiger partial charge in [0.1, 0.15) is 0 Å². The largest absolute Gasteiger partial charge is 0.375 e. The molecule has 1 aliphatic heterocycles. The summed E-state index contributed by atoms with van der Waals surface area (Å²) in [6.45, 7) is 4.46. The van der Waals surface area contributed by atoms with Crippen LogP contribution in [0.1, 0.15) is 11.1 Å². The summed E-state index contributed by atoms with van der Waals surface area (Å²) in [6.07, 6.45) is 0. The van der Waals surface area contributed by atoms with Crippen molar-refractivity contribution in [2.45, 2.75) is 13.8 Å². The van der Waals surface area contributed by atoms with E-state index in [-0.39, 0.29) is 6.85 Å². The number of nitrogens with zero attached hydrogens (tertiary/aromatic N) is 2. The SMILES string of the molecule is Cc1ccc2c3ccc(C)c4c3n(c2c1)-c1ccccc1B4n1c2c(-c3ccccc3)cccc2c2cccc(-c3ccccc3)c21. The lowest BCUT2D eigenvalue weighted by molar-refractivity contribution is 1.17. The molecule has 0 fully saturated rings. The molecular weight excluding hydrogens is 567 g/mol. The molecule has 0 amide bonds. The third-order valence-electron chi connectivity index (χ3n) is 10.4. The Morgan fingerprint density at radius 2 is 1.04 bits per heavy atom. The van der Waals surface area contributed by atoms with Gasteiger partial charge in [-0.15, -0.1) is 0 Å². The average molecular weight is 599 g/mol. The van der Waals surface area contributed by atoms with E-state index in [2.05, 4.69) is 175 Å². The Hall–Kier alpha value is -5.80. The molecular formula is C44H31BN2. The van der Waals surface area contributed by atoms with Crippen LogP contribution in [-0.4, -0.2) is 15.9 Å². The fraction of sp³-hybridized carbons (Fsp3) is 0.0455. The number of benzene rings is 7. The van der Waals surface area contributed by atoms with Crippen molar-refractivity contribution in [3.05, 3.63) is 163 Å². The molecule has 7 aromatic carbocycles. The van der Waals surface area contributed by atoms with Crippen molar-refractivity contribution < 1.29 is 0 Å². The number of para-hydroxylation sites is 3. The molecule has 0 saturated carbocycles. The monoisotopic (exact) mass is 598 g/mol. The second-order valence-electron chi connectivity index (χ2n) is 13.0. The zero-order valence-electron chi connectivity index (χ0n) is 26.4. The van der Waals surface area contributed by atoms with Gasteiger partial charge in [0, 0.05) is 49.4 Å². The predicted molar refractivity (Wildman–Crippen MR) is 201 cm³/mol. The second kappa shape index (κ2) is 9.85. The van der Waals surface area contributed by atoms with Gasteiger partial charge < -0.3 is 9.05 Å². The number of aromatic nitrogens is 2. The van der Waals surface area contributed by atoms with Crippen LogP contribution in [0, 0.1) is 13.8 Å². The maximum Gasteiger partial charge on any atom is 0.332 e. The third kappa shape index (κ3) is 3.63. The molecule has 0 saturated heterocycles. The summed E-state index contributed by atoms with van der Waals surface area (Å²) in [5.74, 6) is 0. The number of fused-ring (bicyclic) bond motifs is 8. The molecule has 10 rings (SSSR count). The molecule has 2 nitrogen and oxygen atoms in total. The molecule has 3 heterocycles. The smallest absolute Gasteiger partial charge is 0.332 e. The molecule has 0 bridgehead atoms. The van der Waals surface area contributed by atoms with Crippen molar-refractivity contribution in [3.63, 3.8) is 0 Å². The third-order valence-corrected chi connectivity index (χ3v) is 10.4. The van der Waals surface area contributed by atoms with Crippen molar-refractivity contribution in [3.8, 4) is 27.9 Å². The first kappa shape index (κ1) is 26.4. The summed E-state index contributed by atoms with van der Waals surface area (Å²) in [7, 11) is 0. The van der Waals surface area contributed by atoms with Crippen molar-refractivity contribution in [1.82, 2.24) is 9.05 Å². The Balaban J connectivity index is 1.45. The van der Waals surface area contributed by atoms with Crippen LogP contribution in [0.25, 0.3) is 71.6 Å². The second-order valence-corrected chi connectivity index (χ2v) is 13.0. The lowest BCUT2D eigenvalue weighted by Crippen LogP contribution is -2.54. The summed E-state index contributed by atoms with van der Waals surface area (Å²) < 4.78 is 5.23. The van der Waals surface area contributed by atoms with Gasteiger partial charge in [-0.1, -0.05) is 145 Å². The quantitative estimate of drug-likeness (QED) is 0.179. The van der Waals surface area contributed by atoms with Gasteiger partial charge in [-0.25, -0.2) is 0 Å². The van der Waals surface area contributed by atoms with E-state index < -0.39 is 0 Å². The molecule has 9 aromatic rings. The van der Waals surface area contributed by atoms with Gasteiger partial charge in [-0.3, -0.25) is 0 Å². The average Bonchev–Trinajstić information content (AvgIpc) is 3.63. The minimum absolute atomic E-state index is 0.0393. The Bertz CT molecular complexity index is 2600. The van der Waals surface area contributed by atoms with E-state index in [0.29, 0.717) is 0 Å². The molecule has 0 spiro atoms. The van der Waals surface area contributed by atoms with E-state index in [1.54, 1.807) is 0 Å². The minimum atomic E-state index is -0.0393. The number of hydrogen-bond acceptors (Lipinski definition) is 0. The van der Waals surface area contributed by atoms with Crippen LogP contribution < -0.4 is 10.9 Å². The van der Waals surface area contributed by atoms with Crippen LogP contribution in [0.5, 0.6) is 0 Å². The summed E-state index contributed by atoms with van der Waals surface area (Å²) in [6, 6.07) is 56.2. The lowest BCUT2D eigenvalue weighted by Gasteiger charge is -2.30. The van der Waals surface area contributed by atoms with Crippen molar-refractivity contribution in [1.29, 1.82) is 0 Å². The van der Waals surface area contributed by atoms with Crippen molar-refractivity contribution >= 4 is 61.4 Å². The Labute approximate surface area is 274 Å². The first-order valence-electron chi connectivity index (χ1n) is 16.5. The van der Waals surface area contributed by atoms with Gasteiger partial charge in [0.05, 0.1) is 11.0 Å². The lowest BCUT2D eigenvalue weighted by atomic mass is 9.47. The highest BCUT2D eigenvalue weighted by atomic mass is 15.0. The normalized spacial score (nSPS) is 12.4. The van der Waals surface area contributed by atoms with Gasteiger partial charge in [0.2, 0.25) is 0 Å². The van der Waals surface area contributed by atoms with Gasteiger partial charge in [0.25, 0.3) is 0 Å². The van der Waals surface area contributed by atoms with E-state index >= 15 is 0 Å². The molecule has 0 N–H and O–H groups in total. The predicted octanol–water partition coefficient (Wildman–Crippen LogP) is 9.81. The highest BCUT2D eigenvalue weighted by Gasteiger charge is 2.38. The van der Waals surface area contributed by atoms with Crippen LogP contribution in [0.2, 0.25) is 0 Å². The van der Waals surface area contributed by atoms with E-state index in [1.165, 1.54) is 93.6 Å². The molecule has 2 aromatic heterocycles. The standard InChI is InChI=1S/C44H31BN2/c1-28-23-25-34-37-26-24-29(2)41-44(37)46(40(34)27-28)39-22-10-9-21-38(39)45(41)47-42-32(30-13-5-3-6-14-30)17-11-19-35(42)36-20-12-18-33(43(36)47)31-15-7-4-8-16-31/h3-27H,1-2H3. The molecule has 0 atom stereocenters. The summed E-state index contributed by atoms with van der Waals surface area (Å²) >= 11 is 0. The fourth-order valence-corrected chi connectivity index (χ4v) is 8.40. The zero-order valence-corrected chi connectivity index (χ0v) is 26.4. The Morgan fingerprint density at radius 1 is 0.468 bits per heavy atom. The van der Waals surface area contributed by atoms with E-state index in [9.17, 15) is 0 Å². The van der Waals surface area contributed by atoms with Crippen LogP contribution >= 0.6 is 0 Å². The van der Waals surface area contributed by atoms with Crippen LogP contribution in [0.15, 0.2) is 152 Å². The van der Waals surface area contributed by atoms with Crippen LogP contribution in [0.3, 0.4) is 0 Å². The first-order chi connectivity index (χ1) is 23.2. The minimum Gasteiger partial charge on any atom is -0.375 e. The van der Waals surface area contributed by atoms with Crippen molar-refractivity contribution in [2.75, 3.05) is 0 Å². The highest BCUT2D eigenvalue weighted by molar-refractivity contribution is 6.88. The Morgan fingerprint density at radius 3 is 1.70 bits per heavy atom. The van der Waals surface area contributed by atoms with Gasteiger partial charge in [-0.2, -0.15) is 0 Å². The summed E-state index contributed by atoms with van der Waals surface area (Å²) in [5, 5.41) is 5.18. The molecule has 1 aliphatic rings. The topological polar surface area (TPSA) is 9.86 Å². The maximum atomic E-state index is 2.70. The van der Waals surface area contributed by atoms with E-state index in [1.807, 2.05) is 0 Å². The number of rotatable bonds is 3. The van der Waals surface area contributed by atoms with Crippen LogP contribution in [0.4, 0.5) is 0 Å². The number of aryl methyl sites for hydroxylation is 2. The Kier molecular flexibility index (Phi) is 5.54. The molecule has 0 radical (unpaired) electrons. The highest BCUT2D eigenvalue weighted by Crippen LogP contribution is 2.42. The molecule has 0 unspecified atom stereocenters. The van der Waals surface area contributed by atoms with Crippen molar-refractivity contribution in [2.24, 2.45) is 0 Å². The summed E-state index contributed by atoms with van der Waals surface area (Å²) in [4.78, 5) is 0. The van der Waals surface area contributed by atoms with Crippen LogP contribution in [-0.2, 0) is 0 Å². The van der Waals surface area contributed by atoms with Gasteiger partial charge in [-0.05, 0) is 53.6 Å². The molecule has 47 heavy (non-hydrogen) atoms. The zero-order chi connectivity index (χ0) is 31.2.